The molecule has 0 aliphatic carbocycles. The van der Waals surface area contributed by atoms with Crippen LogP contribution in [0.4, 0.5) is 17.1 Å². The van der Waals surface area contributed by atoms with Gasteiger partial charge in [0.2, 0.25) is 0 Å². The fourth-order valence-corrected chi connectivity index (χ4v) is 8.70. The Morgan fingerprint density at radius 3 is 1.34 bits per heavy atom. The summed E-state index contributed by atoms with van der Waals surface area (Å²) < 4.78 is 2.46. The van der Waals surface area contributed by atoms with Crippen molar-refractivity contribution < 1.29 is 0 Å². The first-order valence-electron chi connectivity index (χ1n) is 21.0. The predicted molar refractivity (Wildman–Crippen MR) is 258 cm³/mol. The van der Waals surface area contributed by atoms with E-state index in [0.29, 0.717) is 5.82 Å². The smallest absolute Gasteiger partial charge is 0.159 e. The molecular formula is C58H40N4. The quantitative estimate of drug-likeness (QED) is 0.146. The fraction of sp³-hybridized carbons (Fsp3) is 0. The molecular weight excluding hydrogens is 753 g/mol. The average Bonchev–Trinajstić information content (AvgIpc) is 3.69. The van der Waals surface area contributed by atoms with Gasteiger partial charge < -0.3 is 9.47 Å². The molecule has 4 heteroatoms. The van der Waals surface area contributed by atoms with E-state index in [0.717, 1.165) is 33.8 Å². The third-order valence-corrected chi connectivity index (χ3v) is 11.7. The van der Waals surface area contributed by atoms with Crippen molar-refractivity contribution in [1.29, 1.82) is 0 Å². The number of benzene rings is 9. The van der Waals surface area contributed by atoms with Crippen molar-refractivity contribution in [2.45, 2.75) is 0 Å². The summed E-state index contributed by atoms with van der Waals surface area (Å²) in [6.45, 7) is 0. The first-order valence-corrected chi connectivity index (χ1v) is 21.0. The van der Waals surface area contributed by atoms with Crippen molar-refractivity contribution in [1.82, 2.24) is 14.5 Å². The maximum Gasteiger partial charge on any atom is 0.159 e. The molecule has 4 nitrogen and oxygen atoms in total. The number of hydrogen-bond acceptors (Lipinski definition) is 3. The van der Waals surface area contributed by atoms with Gasteiger partial charge in [-0.05, 0) is 124 Å². The van der Waals surface area contributed by atoms with E-state index in [1.807, 2.05) is 6.07 Å². The lowest BCUT2D eigenvalue weighted by Gasteiger charge is -2.26. The van der Waals surface area contributed by atoms with Crippen LogP contribution in [-0.4, -0.2) is 14.5 Å². The van der Waals surface area contributed by atoms with Gasteiger partial charge >= 0.3 is 0 Å². The molecule has 0 atom stereocenters. The summed E-state index contributed by atoms with van der Waals surface area (Å²) in [4.78, 5) is 11.3. The monoisotopic (exact) mass is 792 g/mol. The highest BCUT2D eigenvalue weighted by Crippen LogP contribution is 2.43. The second kappa shape index (κ2) is 16.0. The number of fused-ring (bicyclic) bond motifs is 3. The van der Waals surface area contributed by atoms with Gasteiger partial charge in [-0.2, -0.15) is 0 Å². The van der Waals surface area contributed by atoms with E-state index in [-0.39, 0.29) is 0 Å². The van der Waals surface area contributed by atoms with Gasteiger partial charge in [-0.1, -0.05) is 146 Å². The summed E-state index contributed by atoms with van der Waals surface area (Å²) in [5.74, 6) is 0.703. The largest absolute Gasteiger partial charge is 0.311 e. The Kier molecular flexibility index (Phi) is 9.49. The lowest BCUT2D eigenvalue weighted by molar-refractivity contribution is 1.17. The molecule has 11 aromatic rings. The number of nitrogens with zero attached hydrogens (tertiary/aromatic N) is 4. The van der Waals surface area contributed by atoms with Crippen LogP contribution in [0.1, 0.15) is 0 Å². The normalized spacial score (nSPS) is 11.2. The van der Waals surface area contributed by atoms with E-state index in [2.05, 4.69) is 244 Å². The summed E-state index contributed by atoms with van der Waals surface area (Å²) in [6.07, 6.45) is 3.56. The average molecular weight is 793 g/mol. The Morgan fingerprint density at radius 2 is 0.774 bits per heavy atom. The van der Waals surface area contributed by atoms with E-state index in [1.165, 1.54) is 60.8 Å². The van der Waals surface area contributed by atoms with Gasteiger partial charge in [0.25, 0.3) is 0 Å². The van der Waals surface area contributed by atoms with E-state index in [4.69, 9.17) is 0 Å². The van der Waals surface area contributed by atoms with Gasteiger partial charge in [0.15, 0.2) is 5.82 Å². The van der Waals surface area contributed by atoms with Gasteiger partial charge in [-0.25, -0.2) is 9.97 Å². The van der Waals surface area contributed by atoms with Crippen LogP contribution in [-0.2, 0) is 0 Å². The zero-order valence-electron chi connectivity index (χ0n) is 33.9. The topological polar surface area (TPSA) is 34.0 Å². The van der Waals surface area contributed by atoms with Crippen molar-refractivity contribution in [2.24, 2.45) is 0 Å². The molecule has 2 aromatic heterocycles. The molecule has 0 saturated carbocycles. The molecule has 0 radical (unpaired) electrons. The van der Waals surface area contributed by atoms with Gasteiger partial charge in [-0.15, -0.1) is 0 Å². The van der Waals surface area contributed by atoms with Gasteiger partial charge in [0, 0.05) is 57.0 Å². The Bertz CT molecular complexity index is 3190. The third-order valence-electron chi connectivity index (χ3n) is 11.7. The first kappa shape index (κ1) is 36.7. The molecule has 0 N–H and O–H groups in total. The molecule has 62 heavy (non-hydrogen) atoms. The number of anilines is 3. The molecule has 0 spiro atoms. The molecule has 11 rings (SSSR count). The Balaban J connectivity index is 1.10. The summed E-state index contributed by atoms with van der Waals surface area (Å²) in [5.41, 5.74) is 17.0. The molecule has 292 valence electrons. The van der Waals surface area contributed by atoms with Crippen LogP contribution in [0, 0.1) is 0 Å². The minimum atomic E-state index is 0.703. The summed E-state index contributed by atoms with van der Waals surface area (Å²) in [5, 5.41) is 2.42. The summed E-state index contributed by atoms with van der Waals surface area (Å²) in [6, 6.07) is 82.5. The maximum atomic E-state index is 4.50. The third kappa shape index (κ3) is 6.90. The number of aromatic nitrogens is 3. The second-order valence-corrected chi connectivity index (χ2v) is 15.5. The van der Waals surface area contributed by atoms with E-state index in [1.54, 1.807) is 12.4 Å². The Hall–Kier alpha value is -8.34. The van der Waals surface area contributed by atoms with Crippen LogP contribution in [0.5, 0.6) is 0 Å². The van der Waals surface area contributed by atoms with Gasteiger partial charge in [0.1, 0.15) is 0 Å². The summed E-state index contributed by atoms with van der Waals surface area (Å²) in [7, 11) is 0. The molecule has 0 saturated heterocycles. The highest BCUT2D eigenvalue weighted by Gasteiger charge is 2.21. The van der Waals surface area contributed by atoms with Crippen LogP contribution < -0.4 is 4.90 Å². The zero-order chi connectivity index (χ0) is 41.2. The Morgan fingerprint density at radius 1 is 0.323 bits per heavy atom. The highest BCUT2D eigenvalue weighted by molar-refractivity contribution is 6.16. The minimum Gasteiger partial charge on any atom is -0.311 e. The molecule has 0 fully saturated rings. The van der Waals surface area contributed by atoms with Gasteiger partial charge in [0.05, 0.1) is 11.0 Å². The molecule has 0 bridgehead atoms. The highest BCUT2D eigenvalue weighted by atomic mass is 15.1. The standard InChI is InChI=1S/C58H40N4/c1-5-14-41(15-6-1)44-22-27-49(28-23-44)61(50-29-24-46(25-30-50)58-59-36-13-37-60-58)51-31-33-52(34-32-51)62-56-40-47(42-16-7-2-8-17-42)26-35-53(56)55-39-48(43-18-9-3-10-19-43)38-54(57(55)62)45-20-11-4-12-21-45/h1-40H. The van der Waals surface area contributed by atoms with Crippen LogP contribution in [0.2, 0.25) is 0 Å². The minimum absolute atomic E-state index is 0.703. The number of rotatable bonds is 9. The van der Waals surface area contributed by atoms with Crippen molar-refractivity contribution in [3.8, 4) is 61.6 Å². The van der Waals surface area contributed by atoms with Crippen molar-refractivity contribution >= 4 is 38.9 Å². The van der Waals surface area contributed by atoms with Crippen LogP contribution >= 0.6 is 0 Å². The van der Waals surface area contributed by atoms with Crippen molar-refractivity contribution in [2.75, 3.05) is 4.90 Å². The molecule has 0 aliphatic heterocycles. The van der Waals surface area contributed by atoms with Crippen LogP contribution in [0.3, 0.4) is 0 Å². The van der Waals surface area contributed by atoms with Crippen LogP contribution in [0.15, 0.2) is 243 Å². The van der Waals surface area contributed by atoms with Crippen LogP contribution in [0.25, 0.3) is 83.4 Å². The van der Waals surface area contributed by atoms with E-state index in [9.17, 15) is 0 Å². The van der Waals surface area contributed by atoms with E-state index < -0.39 is 0 Å². The van der Waals surface area contributed by atoms with Gasteiger partial charge in [-0.3, -0.25) is 0 Å². The molecule has 9 aromatic carbocycles. The molecule has 0 amide bonds. The lowest BCUT2D eigenvalue weighted by Crippen LogP contribution is -2.10. The Labute approximate surface area is 361 Å². The maximum absolute atomic E-state index is 4.50. The van der Waals surface area contributed by atoms with Crippen molar-refractivity contribution in [3.63, 3.8) is 0 Å². The molecule has 0 aliphatic rings. The van der Waals surface area contributed by atoms with Crippen molar-refractivity contribution in [3.05, 3.63) is 243 Å². The number of hydrogen-bond donors (Lipinski definition) is 0. The SMILES string of the molecule is c1ccc(-c2ccc(N(c3ccc(-c4ncccn4)cc3)c3ccc(-n4c5cc(-c6ccccc6)ccc5c5cc(-c6ccccc6)cc(-c6ccccc6)c54)cc3)cc2)cc1. The lowest BCUT2D eigenvalue weighted by atomic mass is 9.95. The predicted octanol–water partition coefficient (Wildman–Crippen LogP) is 15.4. The fourth-order valence-electron chi connectivity index (χ4n) is 8.70. The second-order valence-electron chi connectivity index (χ2n) is 15.5. The zero-order valence-corrected chi connectivity index (χ0v) is 33.9. The summed E-state index contributed by atoms with van der Waals surface area (Å²) >= 11 is 0. The molecule has 2 heterocycles. The molecule has 0 unspecified atom stereocenters. The first-order chi connectivity index (χ1) is 30.7. The van der Waals surface area contributed by atoms with E-state index >= 15 is 0 Å².